The van der Waals surface area contributed by atoms with Crippen LogP contribution in [0, 0.1) is 29.6 Å². The van der Waals surface area contributed by atoms with E-state index >= 15 is 0 Å². The molecule has 0 spiro atoms. The molecule has 3 unspecified atom stereocenters. The van der Waals surface area contributed by atoms with E-state index in [1.54, 1.807) is 18.7 Å². The normalized spacial score (nSPS) is 20.0. The molecule has 0 aliphatic heterocycles. The molecule has 2 aromatic heterocycles. The van der Waals surface area contributed by atoms with Crippen LogP contribution in [0.25, 0.3) is 0 Å². The van der Waals surface area contributed by atoms with Gasteiger partial charge in [0.25, 0.3) is 6.01 Å². The molecule has 1 aliphatic carbocycles. The van der Waals surface area contributed by atoms with E-state index in [2.05, 4.69) is 54.0 Å². The minimum Gasteiger partial charge on any atom is -0.432 e. The zero-order chi connectivity index (χ0) is 19.2. The molecule has 1 aliphatic rings. The minimum atomic E-state index is -0.901. The number of pyridine rings is 1. The molecular formula is C22H25N3O2. The Kier molecular flexibility index (Phi) is 6.10. The fraction of sp³-hybridized carbons (Fsp3) is 0.364. The predicted molar refractivity (Wildman–Crippen MR) is 106 cm³/mol. The lowest BCUT2D eigenvalue weighted by Crippen LogP contribution is -2.23. The fourth-order valence-electron chi connectivity index (χ4n) is 2.84. The average molecular weight is 363 g/mol. The summed E-state index contributed by atoms with van der Waals surface area (Å²) in [7, 11) is 0. The number of aromatic nitrogens is 2. The predicted octanol–water partition coefficient (Wildman–Crippen LogP) is 3.80. The van der Waals surface area contributed by atoms with Gasteiger partial charge in [-0.15, -0.1) is 0 Å². The van der Waals surface area contributed by atoms with Gasteiger partial charge < -0.3 is 14.8 Å². The summed E-state index contributed by atoms with van der Waals surface area (Å²) in [6.07, 6.45) is 11.0. The molecule has 2 N–H and O–H groups in total. The van der Waals surface area contributed by atoms with Crippen LogP contribution >= 0.6 is 0 Å². The van der Waals surface area contributed by atoms with Gasteiger partial charge in [-0.1, -0.05) is 50.8 Å². The Balaban J connectivity index is 1.68. The zero-order valence-electron chi connectivity index (χ0n) is 15.9. The molecule has 2 aromatic rings. The lowest BCUT2D eigenvalue weighted by molar-refractivity contribution is 0.237. The van der Waals surface area contributed by atoms with Gasteiger partial charge in [-0.3, -0.25) is 4.98 Å². The number of anilines is 1. The van der Waals surface area contributed by atoms with Crippen LogP contribution in [0.1, 0.15) is 32.0 Å². The minimum absolute atomic E-state index is 0.0164. The first-order valence-electron chi connectivity index (χ1n) is 9.21. The lowest BCUT2D eigenvalue weighted by Gasteiger charge is -2.21. The van der Waals surface area contributed by atoms with E-state index in [1.807, 2.05) is 24.3 Å². The fourth-order valence-corrected chi connectivity index (χ4v) is 2.84. The highest BCUT2D eigenvalue weighted by Gasteiger charge is 2.20. The SMILES string of the molecule is CC(C)Cc1coc(NC(O)C2=CC(C#Cc3cccnc3)C(C)C=C2)n1. The summed E-state index contributed by atoms with van der Waals surface area (Å²) in [6.45, 7) is 6.36. The summed E-state index contributed by atoms with van der Waals surface area (Å²) >= 11 is 0. The third-order valence-electron chi connectivity index (χ3n) is 4.32. The summed E-state index contributed by atoms with van der Waals surface area (Å²) in [4.78, 5) is 8.45. The number of hydrogen-bond acceptors (Lipinski definition) is 5. The Bertz CT molecular complexity index is 872. The van der Waals surface area contributed by atoms with Crippen molar-refractivity contribution < 1.29 is 9.52 Å². The van der Waals surface area contributed by atoms with Crippen molar-refractivity contribution in [1.29, 1.82) is 0 Å². The van der Waals surface area contributed by atoms with Gasteiger partial charge >= 0.3 is 0 Å². The second-order valence-corrected chi connectivity index (χ2v) is 7.21. The van der Waals surface area contributed by atoms with E-state index in [-0.39, 0.29) is 11.8 Å². The van der Waals surface area contributed by atoms with Crippen LogP contribution in [0.4, 0.5) is 6.01 Å². The summed E-state index contributed by atoms with van der Waals surface area (Å²) in [5.74, 6) is 7.20. The number of rotatable bonds is 5. The van der Waals surface area contributed by atoms with E-state index in [0.29, 0.717) is 11.9 Å². The number of allylic oxidation sites excluding steroid dienone is 2. The number of nitrogens with zero attached hydrogens (tertiary/aromatic N) is 2. The van der Waals surface area contributed by atoms with E-state index in [1.165, 1.54) is 0 Å². The standard InChI is InChI=1S/C22H25N3O2/c1-15(2)11-20-14-27-22(24-20)25-21(26)19-8-6-16(3)18(12-19)9-7-17-5-4-10-23-13-17/h4-6,8,10,12-16,18,21,26H,11H2,1-3H3,(H,24,25). The van der Waals surface area contributed by atoms with E-state index < -0.39 is 6.23 Å². The van der Waals surface area contributed by atoms with Gasteiger partial charge in [-0.05, 0) is 36.0 Å². The summed E-state index contributed by atoms with van der Waals surface area (Å²) in [6, 6.07) is 4.12. The summed E-state index contributed by atoms with van der Waals surface area (Å²) in [5, 5.41) is 13.4. The summed E-state index contributed by atoms with van der Waals surface area (Å²) in [5.41, 5.74) is 2.51. The Hall–Kier alpha value is -2.84. The number of nitrogens with one attached hydrogen (secondary N) is 1. The molecule has 0 bridgehead atoms. The molecule has 3 atom stereocenters. The van der Waals surface area contributed by atoms with Crippen molar-refractivity contribution in [2.75, 3.05) is 5.32 Å². The van der Waals surface area contributed by atoms with Crippen molar-refractivity contribution >= 4 is 6.01 Å². The molecule has 0 fully saturated rings. The average Bonchev–Trinajstić information content (AvgIpc) is 3.07. The maximum absolute atomic E-state index is 10.5. The van der Waals surface area contributed by atoms with Gasteiger partial charge in [0.2, 0.25) is 0 Å². The molecule has 140 valence electrons. The smallest absolute Gasteiger partial charge is 0.297 e. The monoisotopic (exact) mass is 363 g/mol. The van der Waals surface area contributed by atoms with Crippen LogP contribution < -0.4 is 5.32 Å². The molecule has 27 heavy (non-hydrogen) atoms. The number of hydrogen-bond donors (Lipinski definition) is 2. The molecule has 5 nitrogen and oxygen atoms in total. The highest BCUT2D eigenvalue weighted by molar-refractivity contribution is 5.39. The third kappa shape index (κ3) is 5.32. The third-order valence-corrected chi connectivity index (χ3v) is 4.32. The Morgan fingerprint density at radius 2 is 2.22 bits per heavy atom. The first-order chi connectivity index (χ1) is 13.0. The zero-order valence-corrected chi connectivity index (χ0v) is 15.9. The van der Waals surface area contributed by atoms with Gasteiger partial charge in [0.05, 0.1) is 5.69 Å². The molecule has 0 saturated heterocycles. The van der Waals surface area contributed by atoms with Gasteiger partial charge in [-0.25, -0.2) is 0 Å². The Labute approximate surface area is 160 Å². The Morgan fingerprint density at radius 3 is 2.96 bits per heavy atom. The van der Waals surface area contributed by atoms with Crippen LogP contribution in [0.2, 0.25) is 0 Å². The molecular weight excluding hydrogens is 338 g/mol. The van der Waals surface area contributed by atoms with Crippen LogP contribution in [0.15, 0.2) is 59.0 Å². The largest absolute Gasteiger partial charge is 0.432 e. The maximum Gasteiger partial charge on any atom is 0.297 e. The summed E-state index contributed by atoms with van der Waals surface area (Å²) < 4.78 is 5.41. The van der Waals surface area contributed by atoms with Crippen LogP contribution in [0.3, 0.4) is 0 Å². The van der Waals surface area contributed by atoms with Crippen molar-refractivity contribution in [1.82, 2.24) is 9.97 Å². The van der Waals surface area contributed by atoms with Gasteiger partial charge in [0.15, 0.2) is 6.23 Å². The van der Waals surface area contributed by atoms with Gasteiger partial charge in [-0.2, -0.15) is 4.98 Å². The van der Waals surface area contributed by atoms with Gasteiger partial charge in [0, 0.05) is 23.9 Å². The van der Waals surface area contributed by atoms with Crippen molar-refractivity contribution in [3.8, 4) is 11.8 Å². The van der Waals surface area contributed by atoms with Crippen molar-refractivity contribution in [3.05, 3.63) is 65.8 Å². The number of oxazole rings is 1. The molecule has 2 heterocycles. The molecule has 0 amide bonds. The van der Waals surface area contributed by atoms with Crippen molar-refractivity contribution in [3.63, 3.8) is 0 Å². The molecule has 0 radical (unpaired) electrons. The second kappa shape index (κ2) is 8.70. The Morgan fingerprint density at radius 1 is 1.37 bits per heavy atom. The molecule has 0 aromatic carbocycles. The second-order valence-electron chi connectivity index (χ2n) is 7.21. The van der Waals surface area contributed by atoms with Crippen LogP contribution in [-0.4, -0.2) is 21.3 Å². The quantitative estimate of drug-likeness (QED) is 0.624. The number of aliphatic hydroxyl groups is 1. The topological polar surface area (TPSA) is 71.2 Å². The van der Waals surface area contributed by atoms with E-state index in [0.717, 1.165) is 23.3 Å². The van der Waals surface area contributed by atoms with Crippen molar-refractivity contribution in [2.45, 2.75) is 33.4 Å². The lowest BCUT2D eigenvalue weighted by atomic mass is 9.87. The van der Waals surface area contributed by atoms with Crippen molar-refractivity contribution in [2.24, 2.45) is 17.8 Å². The van der Waals surface area contributed by atoms with Crippen LogP contribution in [0.5, 0.6) is 0 Å². The molecule has 0 saturated carbocycles. The first kappa shape index (κ1) is 18.9. The van der Waals surface area contributed by atoms with E-state index in [4.69, 9.17) is 4.42 Å². The highest BCUT2D eigenvalue weighted by Crippen LogP contribution is 2.25. The molecule has 5 heteroatoms. The van der Waals surface area contributed by atoms with E-state index in [9.17, 15) is 5.11 Å². The highest BCUT2D eigenvalue weighted by atomic mass is 16.4. The van der Waals surface area contributed by atoms with Gasteiger partial charge in [0.1, 0.15) is 6.26 Å². The molecule has 3 rings (SSSR count). The first-order valence-corrected chi connectivity index (χ1v) is 9.21. The maximum atomic E-state index is 10.5. The number of aliphatic hydroxyl groups excluding tert-OH is 1. The van der Waals surface area contributed by atoms with Crippen LogP contribution in [-0.2, 0) is 6.42 Å².